The van der Waals surface area contributed by atoms with Crippen LogP contribution in [0.5, 0.6) is 0 Å². The Morgan fingerprint density at radius 2 is 1.93 bits per heavy atom. The number of nitrogens with zero attached hydrogens (tertiary/aromatic N) is 1. The maximum atomic E-state index is 10.9. The van der Waals surface area contributed by atoms with Gasteiger partial charge in [0.2, 0.25) is 0 Å². The molecule has 1 heterocycles. The molecule has 1 aliphatic heterocycles. The molecule has 1 rings (SSSR count). The van der Waals surface area contributed by atoms with Gasteiger partial charge >= 0.3 is 0 Å². The first kappa shape index (κ1) is 11.4. The molecule has 1 aliphatic rings. The van der Waals surface area contributed by atoms with E-state index < -0.39 is 0 Å². The molecule has 0 bridgehead atoms. The number of rotatable bonds is 6. The zero-order chi connectivity index (χ0) is 10.2. The van der Waals surface area contributed by atoms with E-state index in [4.69, 9.17) is 0 Å². The molecule has 80 valence electrons. The summed E-state index contributed by atoms with van der Waals surface area (Å²) in [7, 11) is 0. The van der Waals surface area contributed by atoms with Crippen LogP contribution in [-0.2, 0) is 4.79 Å². The summed E-state index contributed by atoms with van der Waals surface area (Å²) in [5.74, 6) is 0.184. The Morgan fingerprint density at radius 1 is 1.21 bits per heavy atom. The van der Waals surface area contributed by atoms with Crippen LogP contribution < -0.4 is 0 Å². The molecule has 14 heavy (non-hydrogen) atoms. The van der Waals surface area contributed by atoms with Crippen molar-refractivity contribution in [2.45, 2.75) is 38.5 Å². The number of carbonyl (C=O) groups excluding carboxylic acids is 1. The predicted octanol–water partition coefficient (Wildman–Crippen LogP) is 2.40. The normalized spacial score (nSPS) is 18.0. The SMILES string of the molecule is C=CC(=O)CCCCN1CCCCC1. The van der Waals surface area contributed by atoms with Crippen LogP contribution in [0.15, 0.2) is 12.7 Å². The molecule has 0 radical (unpaired) electrons. The van der Waals surface area contributed by atoms with Gasteiger partial charge in [0.05, 0.1) is 0 Å². The van der Waals surface area contributed by atoms with Gasteiger partial charge in [-0.2, -0.15) is 0 Å². The van der Waals surface area contributed by atoms with Crippen molar-refractivity contribution in [2.24, 2.45) is 0 Å². The highest BCUT2D eigenvalue weighted by Crippen LogP contribution is 2.09. The largest absolute Gasteiger partial charge is 0.303 e. The molecule has 0 aromatic rings. The van der Waals surface area contributed by atoms with Crippen LogP contribution >= 0.6 is 0 Å². The van der Waals surface area contributed by atoms with Crippen LogP contribution in [0.25, 0.3) is 0 Å². The van der Waals surface area contributed by atoms with Gasteiger partial charge in [0.25, 0.3) is 0 Å². The van der Waals surface area contributed by atoms with Crippen molar-refractivity contribution < 1.29 is 4.79 Å². The Hall–Kier alpha value is -0.630. The second-order valence-electron chi connectivity index (χ2n) is 4.03. The van der Waals surface area contributed by atoms with Gasteiger partial charge in [-0.3, -0.25) is 4.79 Å². The molecule has 1 fully saturated rings. The highest BCUT2D eigenvalue weighted by Gasteiger charge is 2.08. The number of carbonyl (C=O) groups is 1. The van der Waals surface area contributed by atoms with Crippen LogP contribution in [0.3, 0.4) is 0 Å². The van der Waals surface area contributed by atoms with E-state index in [1.807, 2.05) is 0 Å². The third-order valence-corrected chi connectivity index (χ3v) is 2.82. The maximum Gasteiger partial charge on any atom is 0.155 e. The highest BCUT2D eigenvalue weighted by molar-refractivity contribution is 5.88. The minimum absolute atomic E-state index is 0.184. The molecule has 0 amide bonds. The highest BCUT2D eigenvalue weighted by atomic mass is 16.1. The zero-order valence-corrected chi connectivity index (χ0v) is 9.00. The summed E-state index contributed by atoms with van der Waals surface area (Å²) < 4.78 is 0. The number of ketones is 1. The maximum absolute atomic E-state index is 10.9. The number of likely N-dealkylation sites (tertiary alicyclic amines) is 1. The van der Waals surface area contributed by atoms with Gasteiger partial charge in [-0.15, -0.1) is 0 Å². The molecule has 0 spiro atoms. The van der Waals surface area contributed by atoms with E-state index in [1.165, 1.54) is 45.0 Å². The minimum atomic E-state index is 0.184. The fourth-order valence-corrected chi connectivity index (χ4v) is 1.92. The Labute approximate surface area is 87.0 Å². The Balaban J connectivity index is 1.97. The quantitative estimate of drug-likeness (QED) is 0.479. The van der Waals surface area contributed by atoms with Crippen molar-refractivity contribution in [1.29, 1.82) is 0 Å². The van der Waals surface area contributed by atoms with E-state index in [1.54, 1.807) is 0 Å². The van der Waals surface area contributed by atoms with Gasteiger partial charge in [-0.1, -0.05) is 13.0 Å². The second-order valence-corrected chi connectivity index (χ2v) is 4.03. The summed E-state index contributed by atoms with van der Waals surface area (Å²) in [6, 6.07) is 0. The van der Waals surface area contributed by atoms with Gasteiger partial charge in [-0.05, 0) is 51.4 Å². The van der Waals surface area contributed by atoms with Crippen LogP contribution in [0, 0.1) is 0 Å². The summed E-state index contributed by atoms with van der Waals surface area (Å²) in [6.07, 6.45) is 8.38. The molecular weight excluding hydrogens is 174 g/mol. The molecule has 1 saturated heterocycles. The van der Waals surface area contributed by atoms with Crippen molar-refractivity contribution in [3.8, 4) is 0 Å². The number of unbranched alkanes of at least 4 members (excludes halogenated alkanes) is 1. The van der Waals surface area contributed by atoms with E-state index in [0.717, 1.165) is 12.8 Å². The van der Waals surface area contributed by atoms with Crippen molar-refractivity contribution in [3.63, 3.8) is 0 Å². The molecular formula is C12H21NO. The van der Waals surface area contributed by atoms with Crippen LogP contribution in [0.4, 0.5) is 0 Å². The lowest BCUT2D eigenvalue weighted by molar-refractivity contribution is -0.114. The predicted molar refractivity (Wildman–Crippen MR) is 59.3 cm³/mol. The average Bonchev–Trinajstić information content (AvgIpc) is 2.25. The van der Waals surface area contributed by atoms with Crippen molar-refractivity contribution in [3.05, 3.63) is 12.7 Å². The van der Waals surface area contributed by atoms with Gasteiger partial charge in [0.15, 0.2) is 5.78 Å². The minimum Gasteiger partial charge on any atom is -0.303 e. The van der Waals surface area contributed by atoms with Crippen molar-refractivity contribution >= 4 is 5.78 Å². The van der Waals surface area contributed by atoms with E-state index in [0.29, 0.717) is 6.42 Å². The molecule has 0 unspecified atom stereocenters. The summed E-state index contributed by atoms with van der Waals surface area (Å²) in [6.45, 7) is 7.16. The number of piperidine rings is 1. The molecule has 2 nitrogen and oxygen atoms in total. The van der Waals surface area contributed by atoms with Gasteiger partial charge in [-0.25, -0.2) is 0 Å². The summed E-state index contributed by atoms with van der Waals surface area (Å²) in [5.41, 5.74) is 0. The molecule has 0 atom stereocenters. The van der Waals surface area contributed by atoms with Crippen molar-refractivity contribution in [2.75, 3.05) is 19.6 Å². The van der Waals surface area contributed by atoms with E-state index in [-0.39, 0.29) is 5.78 Å². The summed E-state index contributed by atoms with van der Waals surface area (Å²) >= 11 is 0. The van der Waals surface area contributed by atoms with E-state index in [9.17, 15) is 4.79 Å². The van der Waals surface area contributed by atoms with Crippen LogP contribution in [0.1, 0.15) is 38.5 Å². The smallest absolute Gasteiger partial charge is 0.155 e. The van der Waals surface area contributed by atoms with Crippen LogP contribution in [-0.4, -0.2) is 30.3 Å². The first-order chi connectivity index (χ1) is 6.83. The first-order valence-corrected chi connectivity index (χ1v) is 5.70. The van der Waals surface area contributed by atoms with Gasteiger partial charge < -0.3 is 4.90 Å². The topological polar surface area (TPSA) is 20.3 Å². The molecule has 0 saturated carbocycles. The fraction of sp³-hybridized carbons (Fsp3) is 0.750. The zero-order valence-electron chi connectivity index (χ0n) is 9.00. The summed E-state index contributed by atoms with van der Waals surface area (Å²) in [5, 5.41) is 0. The van der Waals surface area contributed by atoms with E-state index in [2.05, 4.69) is 11.5 Å². The fourth-order valence-electron chi connectivity index (χ4n) is 1.92. The van der Waals surface area contributed by atoms with Gasteiger partial charge in [0, 0.05) is 6.42 Å². The number of hydrogen-bond acceptors (Lipinski definition) is 2. The number of allylic oxidation sites excluding steroid dienone is 1. The van der Waals surface area contributed by atoms with Gasteiger partial charge in [0.1, 0.15) is 0 Å². The standard InChI is InChI=1S/C12H21NO/c1-2-12(14)8-4-7-11-13-9-5-3-6-10-13/h2H,1,3-11H2. The molecule has 0 aromatic heterocycles. The second kappa shape index (κ2) is 6.77. The molecule has 0 N–H and O–H groups in total. The van der Waals surface area contributed by atoms with Crippen molar-refractivity contribution in [1.82, 2.24) is 4.90 Å². The molecule has 0 aliphatic carbocycles. The molecule has 0 aromatic carbocycles. The Bertz CT molecular complexity index is 183. The van der Waals surface area contributed by atoms with Crippen LogP contribution in [0.2, 0.25) is 0 Å². The third kappa shape index (κ3) is 4.56. The Morgan fingerprint density at radius 3 is 2.57 bits per heavy atom. The summed E-state index contributed by atoms with van der Waals surface area (Å²) in [4.78, 5) is 13.4. The van der Waals surface area contributed by atoms with E-state index >= 15 is 0 Å². The Kier molecular flexibility index (Phi) is 5.53. The lowest BCUT2D eigenvalue weighted by Gasteiger charge is -2.26. The number of hydrogen-bond donors (Lipinski definition) is 0. The lowest BCUT2D eigenvalue weighted by Crippen LogP contribution is -2.30. The first-order valence-electron chi connectivity index (χ1n) is 5.70. The monoisotopic (exact) mass is 195 g/mol. The average molecular weight is 195 g/mol. The third-order valence-electron chi connectivity index (χ3n) is 2.82. The molecule has 2 heteroatoms. The lowest BCUT2D eigenvalue weighted by atomic mass is 10.1.